The summed E-state index contributed by atoms with van der Waals surface area (Å²) in [5.41, 5.74) is 4.89. The highest BCUT2D eigenvalue weighted by Gasteiger charge is 2.07. The molecule has 0 bridgehead atoms. The summed E-state index contributed by atoms with van der Waals surface area (Å²) in [6, 6.07) is 19.8. The highest BCUT2D eigenvalue weighted by molar-refractivity contribution is 7.98. The third-order valence-electron chi connectivity index (χ3n) is 4.40. The van der Waals surface area contributed by atoms with Crippen LogP contribution in [-0.4, -0.2) is 27.4 Å². The quantitative estimate of drug-likeness (QED) is 0.465. The first kappa shape index (κ1) is 18.3. The number of pyridine rings is 1. The molecule has 0 spiro atoms. The molecule has 0 saturated carbocycles. The van der Waals surface area contributed by atoms with E-state index in [4.69, 9.17) is 0 Å². The summed E-state index contributed by atoms with van der Waals surface area (Å²) < 4.78 is 0. The lowest BCUT2D eigenvalue weighted by molar-refractivity contribution is 0.0954. The van der Waals surface area contributed by atoms with Crippen molar-refractivity contribution in [1.82, 2.24) is 20.3 Å². The van der Waals surface area contributed by atoms with Crippen molar-refractivity contribution in [2.75, 3.05) is 6.54 Å². The molecule has 2 N–H and O–H groups in total. The molecule has 140 valence electrons. The van der Waals surface area contributed by atoms with Crippen LogP contribution >= 0.6 is 11.8 Å². The largest absolute Gasteiger partial charge is 0.352 e. The number of amides is 1. The molecule has 0 aliphatic rings. The minimum absolute atomic E-state index is 0.0417. The van der Waals surface area contributed by atoms with E-state index in [1.807, 2.05) is 48.5 Å². The van der Waals surface area contributed by atoms with Gasteiger partial charge in [-0.1, -0.05) is 54.2 Å². The molecule has 0 saturated heterocycles. The summed E-state index contributed by atoms with van der Waals surface area (Å²) >= 11 is 1.63. The fourth-order valence-electron chi connectivity index (χ4n) is 2.87. The molecule has 0 atom stereocenters. The van der Waals surface area contributed by atoms with E-state index >= 15 is 0 Å². The molecule has 5 nitrogen and oxygen atoms in total. The number of carbonyl (C=O) groups excluding carboxylic acids is 1. The lowest BCUT2D eigenvalue weighted by Gasteiger charge is -2.06. The van der Waals surface area contributed by atoms with E-state index < -0.39 is 0 Å². The third-order valence-corrected chi connectivity index (χ3v) is 5.34. The summed E-state index contributed by atoms with van der Waals surface area (Å²) in [6.45, 7) is 0.626. The van der Waals surface area contributed by atoms with Crippen LogP contribution in [0.2, 0.25) is 0 Å². The number of hydrogen-bond donors (Lipinski definition) is 2. The van der Waals surface area contributed by atoms with Crippen LogP contribution in [0.1, 0.15) is 21.5 Å². The SMILES string of the molecule is O=C(NCCc1ccccc1)c1ccc(CSc2nc3ccncc3[nH]2)cc1. The molecule has 2 aromatic carbocycles. The number of rotatable bonds is 7. The first-order valence-electron chi connectivity index (χ1n) is 9.11. The van der Waals surface area contributed by atoms with E-state index in [-0.39, 0.29) is 5.91 Å². The number of nitrogens with one attached hydrogen (secondary N) is 2. The Morgan fingerprint density at radius 3 is 2.61 bits per heavy atom. The van der Waals surface area contributed by atoms with Crippen LogP contribution in [0.25, 0.3) is 11.0 Å². The van der Waals surface area contributed by atoms with Gasteiger partial charge in [-0.3, -0.25) is 9.78 Å². The van der Waals surface area contributed by atoms with Crippen molar-refractivity contribution in [3.05, 3.63) is 89.7 Å². The smallest absolute Gasteiger partial charge is 0.251 e. The number of imidazole rings is 1. The van der Waals surface area contributed by atoms with E-state index in [1.165, 1.54) is 5.56 Å². The molecule has 2 heterocycles. The molecule has 0 unspecified atom stereocenters. The first-order valence-corrected chi connectivity index (χ1v) is 10.1. The van der Waals surface area contributed by atoms with Gasteiger partial charge in [-0.2, -0.15) is 0 Å². The summed E-state index contributed by atoms with van der Waals surface area (Å²) in [4.78, 5) is 24.2. The zero-order valence-corrected chi connectivity index (χ0v) is 16.1. The van der Waals surface area contributed by atoms with Crippen LogP contribution < -0.4 is 5.32 Å². The van der Waals surface area contributed by atoms with Gasteiger partial charge in [0, 0.05) is 24.1 Å². The Labute approximate surface area is 167 Å². The Bertz CT molecular complexity index is 1030. The number of aromatic amines is 1. The molecule has 4 aromatic rings. The van der Waals surface area contributed by atoms with Crippen molar-refractivity contribution >= 4 is 28.7 Å². The van der Waals surface area contributed by atoms with Gasteiger partial charge in [0.15, 0.2) is 5.16 Å². The standard InChI is InChI=1S/C22H20N4OS/c27-21(24-13-10-16-4-2-1-3-5-16)18-8-6-17(7-9-18)15-28-22-25-19-11-12-23-14-20(19)26-22/h1-9,11-12,14H,10,13,15H2,(H,24,27)(H,25,26). The molecule has 1 amide bonds. The zero-order valence-electron chi connectivity index (χ0n) is 15.3. The number of carbonyl (C=O) groups is 1. The number of H-pyrrole nitrogens is 1. The van der Waals surface area contributed by atoms with Crippen molar-refractivity contribution in [1.29, 1.82) is 0 Å². The molecule has 28 heavy (non-hydrogen) atoms. The predicted molar refractivity (Wildman–Crippen MR) is 112 cm³/mol. The predicted octanol–water partition coefficient (Wildman–Crippen LogP) is 4.22. The Morgan fingerprint density at radius 1 is 1.00 bits per heavy atom. The number of benzene rings is 2. The lowest BCUT2D eigenvalue weighted by atomic mass is 10.1. The molecule has 0 aliphatic carbocycles. The van der Waals surface area contributed by atoms with E-state index in [0.29, 0.717) is 12.1 Å². The zero-order chi connectivity index (χ0) is 19.2. The van der Waals surface area contributed by atoms with E-state index in [2.05, 4.69) is 32.4 Å². The van der Waals surface area contributed by atoms with Crippen LogP contribution in [-0.2, 0) is 12.2 Å². The Balaban J connectivity index is 1.28. The van der Waals surface area contributed by atoms with Gasteiger partial charge < -0.3 is 10.3 Å². The molecule has 4 rings (SSSR count). The first-order chi connectivity index (χ1) is 13.8. The van der Waals surface area contributed by atoms with Crippen LogP contribution in [0, 0.1) is 0 Å². The van der Waals surface area contributed by atoms with Crippen molar-refractivity contribution in [3.63, 3.8) is 0 Å². The number of aromatic nitrogens is 3. The van der Waals surface area contributed by atoms with Gasteiger partial charge in [-0.15, -0.1) is 0 Å². The van der Waals surface area contributed by atoms with Gasteiger partial charge in [0.05, 0.1) is 17.2 Å². The second kappa shape index (κ2) is 8.71. The lowest BCUT2D eigenvalue weighted by Crippen LogP contribution is -2.25. The maximum Gasteiger partial charge on any atom is 0.251 e. The van der Waals surface area contributed by atoms with E-state index in [9.17, 15) is 4.79 Å². The summed E-state index contributed by atoms with van der Waals surface area (Å²) in [5, 5.41) is 3.84. The fraction of sp³-hybridized carbons (Fsp3) is 0.136. The third kappa shape index (κ3) is 4.58. The van der Waals surface area contributed by atoms with Gasteiger partial charge in [0.25, 0.3) is 5.91 Å². The molecule has 0 radical (unpaired) electrons. The molecular formula is C22H20N4OS. The number of thioether (sulfide) groups is 1. The second-order valence-corrected chi connectivity index (χ2v) is 7.38. The monoisotopic (exact) mass is 388 g/mol. The van der Waals surface area contributed by atoms with Crippen molar-refractivity contribution in [2.45, 2.75) is 17.3 Å². The molecule has 2 aromatic heterocycles. The average molecular weight is 388 g/mol. The summed E-state index contributed by atoms with van der Waals surface area (Å²) in [5.74, 6) is 0.739. The van der Waals surface area contributed by atoms with Crippen molar-refractivity contribution in [2.24, 2.45) is 0 Å². The normalized spacial score (nSPS) is 10.9. The number of nitrogens with zero attached hydrogens (tertiary/aromatic N) is 2. The Hall–Kier alpha value is -3.12. The maximum atomic E-state index is 12.3. The van der Waals surface area contributed by atoms with Crippen LogP contribution in [0.5, 0.6) is 0 Å². The summed E-state index contributed by atoms with van der Waals surface area (Å²) in [7, 11) is 0. The van der Waals surface area contributed by atoms with Gasteiger partial charge in [0.1, 0.15) is 0 Å². The Morgan fingerprint density at radius 2 is 1.82 bits per heavy atom. The number of hydrogen-bond acceptors (Lipinski definition) is 4. The van der Waals surface area contributed by atoms with Crippen LogP contribution in [0.15, 0.2) is 78.2 Å². The minimum atomic E-state index is -0.0417. The molecule has 0 fully saturated rings. The van der Waals surface area contributed by atoms with Crippen LogP contribution in [0.3, 0.4) is 0 Å². The van der Waals surface area contributed by atoms with Gasteiger partial charge in [0.2, 0.25) is 0 Å². The average Bonchev–Trinajstić information content (AvgIpc) is 3.16. The van der Waals surface area contributed by atoms with Gasteiger partial charge in [-0.25, -0.2) is 4.98 Å². The molecule has 6 heteroatoms. The molecule has 0 aliphatic heterocycles. The van der Waals surface area contributed by atoms with Gasteiger partial charge >= 0.3 is 0 Å². The minimum Gasteiger partial charge on any atom is -0.352 e. The topological polar surface area (TPSA) is 70.7 Å². The van der Waals surface area contributed by atoms with Crippen LogP contribution in [0.4, 0.5) is 0 Å². The maximum absolute atomic E-state index is 12.3. The van der Waals surface area contributed by atoms with Gasteiger partial charge in [-0.05, 0) is 35.7 Å². The van der Waals surface area contributed by atoms with E-state index in [1.54, 1.807) is 24.2 Å². The fourth-order valence-corrected chi connectivity index (χ4v) is 3.71. The van der Waals surface area contributed by atoms with Crippen molar-refractivity contribution < 1.29 is 4.79 Å². The van der Waals surface area contributed by atoms with Crippen molar-refractivity contribution in [3.8, 4) is 0 Å². The highest BCUT2D eigenvalue weighted by atomic mass is 32.2. The van der Waals surface area contributed by atoms with E-state index in [0.717, 1.165) is 33.9 Å². The number of fused-ring (bicyclic) bond motifs is 1. The second-order valence-electron chi connectivity index (χ2n) is 6.41. The summed E-state index contributed by atoms with van der Waals surface area (Å²) in [6.07, 6.45) is 4.34. The Kier molecular flexibility index (Phi) is 5.68. The molecular weight excluding hydrogens is 368 g/mol. The highest BCUT2D eigenvalue weighted by Crippen LogP contribution is 2.22.